The van der Waals surface area contributed by atoms with E-state index in [9.17, 15) is 0 Å². The maximum atomic E-state index is 3.66. The number of nitrogens with one attached hydrogen (secondary N) is 1. The van der Waals surface area contributed by atoms with Crippen LogP contribution in [0, 0.1) is 13.8 Å². The van der Waals surface area contributed by atoms with Crippen LogP contribution in [0.1, 0.15) is 49.2 Å². The van der Waals surface area contributed by atoms with E-state index in [2.05, 4.69) is 73.3 Å². The highest BCUT2D eigenvalue weighted by atomic mass is 15.4. The summed E-state index contributed by atoms with van der Waals surface area (Å²) in [6.45, 7) is 6.53. The van der Waals surface area contributed by atoms with Crippen LogP contribution in [0.5, 0.6) is 0 Å². The Bertz CT molecular complexity index is 480. The first kappa shape index (κ1) is 13.7. The molecule has 2 heteroatoms. The highest BCUT2D eigenvalue weighted by Gasteiger charge is 2.12. The molecule has 2 nitrogen and oxygen atoms in total. The Kier molecular flexibility index (Phi) is 4.67. The third-order valence-corrected chi connectivity index (χ3v) is 3.60. The SMILES string of the molecule is CCCCC(Nn1c(C)ccc1C)c1ccccc1. The van der Waals surface area contributed by atoms with Crippen molar-refractivity contribution in [3.8, 4) is 0 Å². The molecule has 1 heterocycles. The Labute approximate surface area is 116 Å². The smallest absolute Gasteiger partial charge is 0.0673 e. The van der Waals surface area contributed by atoms with Crippen LogP contribution in [-0.2, 0) is 0 Å². The molecule has 0 radical (unpaired) electrons. The van der Waals surface area contributed by atoms with Crippen molar-refractivity contribution in [2.45, 2.75) is 46.1 Å². The molecule has 0 saturated carbocycles. The molecule has 0 amide bonds. The molecular formula is C17H24N2. The van der Waals surface area contributed by atoms with Crippen LogP contribution < -0.4 is 5.43 Å². The number of hydrogen-bond donors (Lipinski definition) is 1. The lowest BCUT2D eigenvalue weighted by molar-refractivity contribution is 0.575. The fourth-order valence-electron chi connectivity index (χ4n) is 2.43. The molecule has 19 heavy (non-hydrogen) atoms. The second kappa shape index (κ2) is 6.46. The van der Waals surface area contributed by atoms with Crippen LogP contribution in [0.4, 0.5) is 0 Å². The molecule has 0 spiro atoms. The summed E-state index contributed by atoms with van der Waals surface area (Å²) in [5.41, 5.74) is 7.55. The van der Waals surface area contributed by atoms with Crippen molar-refractivity contribution in [3.63, 3.8) is 0 Å². The number of rotatable bonds is 6. The fourth-order valence-corrected chi connectivity index (χ4v) is 2.43. The van der Waals surface area contributed by atoms with Crippen molar-refractivity contribution in [1.82, 2.24) is 4.68 Å². The molecule has 0 aliphatic rings. The largest absolute Gasteiger partial charge is 0.318 e. The zero-order valence-corrected chi connectivity index (χ0v) is 12.2. The average Bonchev–Trinajstić information content (AvgIpc) is 2.75. The maximum Gasteiger partial charge on any atom is 0.0673 e. The first-order valence-electron chi connectivity index (χ1n) is 7.18. The highest BCUT2D eigenvalue weighted by Crippen LogP contribution is 2.21. The van der Waals surface area contributed by atoms with E-state index < -0.39 is 0 Å². The molecule has 0 bridgehead atoms. The standard InChI is InChI=1S/C17H24N2/c1-4-5-11-17(16-9-7-6-8-10-16)18-19-14(2)12-13-15(19)3/h6-10,12-13,17-18H,4-5,11H2,1-3H3. The Morgan fingerprint density at radius 1 is 1.00 bits per heavy atom. The summed E-state index contributed by atoms with van der Waals surface area (Å²) in [6, 6.07) is 15.4. The monoisotopic (exact) mass is 256 g/mol. The van der Waals surface area contributed by atoms with E-state index >= 15 is 0 Å². The minimum atomic E-state index is 0.381. The minimum absolute atomic E-state index is 0.381. The first-order valence-corrected chi connectivity index (χ1v) is 7.18. The number of unbranched alkanes of at least 4 members (excludes halogenated alkanes) is 1. The number of nitrogens with zero attached hydrogens (tertiary/aromatic N) is 1. The molecule has 2 aromatic rings. The number of benzene rings is 1. The lowest BCUT2D eigenvalue weighted by Gasteiger charge is -2.23. The van der Waals surface area contributed by atoms with Gasteiger partial charge in [-0.25, -0.2) is 0 Å². The van der Waals surface area contributed by atoms with Crippen molar-refractivity contribution in [1.29, 1.82) is 0 Å². The molecule has 1 unspecified atom stereocenters. The van der Waals surface area contributed by atoms with Crippen LogP contribution in [0.25, 0.3) is 0 Å². The van der Waals surface area contributed by atoms with Crippen LogP contribution in [0.15, 0.2) is 42.5 Å². The second-order valence-corrected chi connectivity index (χ2v) is 5.19. The topological polar surface area (TPSA) is 17.0 Å². The van der Waals surface area contributed by atoms with Gasteiger partial charge >= 0.3 is 0 Å². The van der Waals surface area contributed by atoms with Gasteiger partial charge in [-0.15, -0.1) is 0 Å². The maximum absolute atomic E-state index is 3.66. The lowest BCUT2D eigenvalue weighted by atomic mass is 10.0. The van der Waals surface area contributed by atoms with Crippen molar-refractivity contribution in [3.05, 3.63) is 59.4 Å². The molecule has 0 fully saturated rings. The molecule has 1 aromatic carbocycles. The minimum Gasteiger partial charge on any atom is -0.318 e. The molecule has 0 aliphatic heterocycles. The van der Waals surface area contributed by atoms with Crippen molar-refractivity contribution < 1.29 is 0 Å². The number of aromatic nitrogens is 1. The predicted molar refractivity (Wildman–Crippen MR) is 82.0 cm³/mol. The van der Waals surface area contributed by atoms with Crippen molar-refractivity contribution >= 4 is 0 Å². The van der Waals surface area contributed by atoms with E-state index in [0.29, 0.717) is 6.04 Å². The summed E-state index contributed by atoms with van der Waals surface area (Å²) in [4.78, 5) is 0. The first-order chi connectivity index (χ1) is 9.22. The molecule has 0 saturated heterocycles. The third kappa shape index (κ3) is 3.40. The van der Waals surface area contributed by atoms with Gasteiger partial charge in [0.25, 0.3) is 0 Å². The summed E-state index contributed by atoms with van der Waals surface area (Å²) in [6.07, 6.45) is 3.64. The fraction of sp³-hybridized carbons (Fsp3) is 0.412. The van der Waals surface area contributed by atoms with Gasteiger partial charge in [0.15, 0.2) is 0 Å². The molecule has 2 rings (SSSR count). The van der Waals surface area contributed by atoms with Gasteiger partial charge in [-0.3, -0.25) is 4.68 Å². The normalized spacial score (nSPS) is 12.4. The zero-order chi connectivity index (χ0) is 13.7. The second-order valence-electron chi connectivity index (χ2n) is 5.19. The third-order valence-electron chi connectivity index (χ3n) is 3.60. The predicted octanol–water partition coefficient (Wildman–Crippen LogP) is 4.58. The Morgan fingerprint density at radius 2 is 1.63 bits per heavy atom. The van der Waals surface area contributed by atoms with Crippen molar-refractivity contribution in [2.24, 2.45) is 0 Å². The Morgan fingerprint density at radius 3 is 2.21 bits per heavy atom. The Hall–Kier alpha value is -1.70. The van der Waals surface area contributed by atoms with Gasteiger partial charge in [-0.2, -0.15) is 0 Å². The van der Waals surface area contributed by atoms with E-state index in [1.165, 1.54) is 29.8 Å². The summed E-state index contributed by atoms with van der Waals surface area (Å²) >= 11 is 0. The van der Waals surface area contributed by atoms with Gasteiger partial charge in [-0.05, 0) is 38.0 Å². The summed E-state index contributed by atoms with van der Waals surface area (Å²) in [5, 5.41) is 0. The van der Waals surface area contributed by atoms with E-state index in [1.54, 1.807) is 0 Å². The Balaban J connectivity index is 2.19. The molecule has 1 atom stereocenters. The van der Waals surface area contributed by atoms with Crippen LogP contribution in [-0.4, -0.2) is 4.68 Å². The zero-order valence-electron chi connectivity index (χ0n) is 12.2. The molecular weight excluding hydrogens is 232 g/mol. The van der Waals surface area contributed by atoms with Gasteiger partial charge in [0.05, 0.1) is 6.04 Å². The average molecular weight is 256 g/mol. The van der Waals surface area contributed by atoms with Crippen LogP contribution in [0.3, 0.4) is 0 Å². The van der Waals surface area contributed by atoms with E-state index in [0.717, 1.165) is 6.42 Å². The van der Waals surface area contributed by atoms with E-state index in [1.807, 2.05) is 0 Å². The van der Waals surface area contributed by atoms with E-state index in [-0.39, 0.29) is 0 Å². The van der Waals surface area contributed by atoms with Gasteiger partial charge in [0, 0.05) is 11.4 Å². The molecule has 102 valence electrons. The van der Waals surface area contributed by atoms with Crippen LogP contribution in [0.2, 0.25) is 0 Å². The van der Waals surface area contributed by atoms with Crippen molar-refractivity contribution in [2.75, 3.05) is 5.43 Å². The van der Waals surface area contributed by atoms with Gasteiger partial charge in [0.1, 0.15) is 0 Å². The summed E-state index contributed by atoms with van der Waals surface area (Å²) in [7, 11) is 0. The molecule has 0 aliphatic carbocycles. The lowest BCUT2D eigenvalue weighted by Crippen LogP contribution is -2.23. The van der Waals surface area contributed by atoms with Gasteiger partial charge in [0.2, 0.25) is 0 Å². The van der Waals surface area contributed by atoms with Crippen LogP contribution >= 0.6 is 0 Å². The number of hydrogen-bond acceptors (Lipinski definition) is 1. The number of aryl methyl sites for hydroxylation is 2. The summed E-state index contributed by atoms with van der Waals surface area (Å²) < 4.78 is 2.20. The summed E-state index contributed by atoms with van der Waals surface area (Å²) in [5.74, 6) is 0. The van der Waals surface area contributed by atoms with Gasteiger partial charge < -0.3 is 5.43 Å². The molecule has 1 aromatic heterocycles. The molecule has 1 N–H and O–H groups in total. The van der Waals surface area contributed by atoms with E-state index in [4.69, 9.17) is 0 Å². The highest BCUT2D eigenvalue weighted by molar-refractivity contribution is 5.23. The quantitative estimate of drug-likeness (QED) is 0.800. The van der Waals surface area contributed by atoms with Gasteiger partial charge in [-0.1, -0.05) is 50.1 Å².